The maximum Gasteiger partial charge on any atom is 0.125 e. The van der Waals surface area contributed by atoms with Crippen molar-refractivity contribution in [3.8, 4) is 6.07 Å². The van der Waals surface area contributed by atoms with Gasteiger partial charge in [-0.1, -0.05) is 30.5 Å². The van der Waals surface area contributed by atoms with E-state index in [4.69, 9.17) is 11.6 Å². The molecule has 0 radical (unpaired) electrons. The molecule has 2 heterocycles. The molecule has 3 nitrogen and oxygen atoms in total. The van der Waals surface area contributed by atoms with Gasteiger partial charge in [-0.15, -0.1) is 0 Å². The smallest absolute Gasteiger partial charge is 0.125 e. The Hall–Kier alpha value is -1.63. The van der Waals surface area contributed by atoms with Crippen LogP contribution in [-0.2, 0) is 0 Å². The lowest BCUT2D eigenvalue weighted by molar-refractivity contribution is 0.246. The highest BCUT2D eigenvalue weighted by molar-refractivity contribution is 6.35. The summed E-state index contributed by atoms with van der Waals surface area (Å²) in [5.74, 6) is 0. The van der Waals surface area contributed by atoms with Crippen molar-refractivity contribution in [2.75, 3.05) is 13.1 Å². The molecule has 0 aliphatic carbocycles. The molecule has 1 saturated heterocycles. The monoisotopic (exact) mass is 299 g/mol. The zero-order valence-corrected chi connectivity index (χ0v) is 12.7. The van der Waals surface area contributed by atoms with Gasteiger partial charge in [-0.2, -0.15) is 5.26 Å². The summed E-state index contributed by atoms with van der Waals surface area (Å²) in [5, 5.41) is 11.3. The van der Waals surface area contributed by atoms with Crippen LogP contribution in [0.15, 0.2) is 30.5 Å². The minimum absolute atomic E-state index is 0.238. The third-order valence-corrected chi connectivity index (χ3v) is 4.50. The van der Waals surface area contributed by atoms with Crippen LogP contribution in [0.3, 0.4) is 0 Å². The van der Waals surface area contributed by atoms with Gasteiger partial charge in [0.15, 0.2) is 0 Å². The highest BCUT2D eigenvalue weighted by Gasteiger charge is 2.23. The van der Waals surface area contributed by atoms with Gasteiger partial charge in [0.1, 0.15) is 6.04 Å². The summed E-state index contributed by atoms with van der Waals surface area (Å²) in [6.45, 7) is 1.96. The fourth-order valence-corrected chi connectivity index (χ4v) is 3.30. The summed E-state index contributed by atoms with van der Waals surface area (Å²) in [6.07, 6.45) is 6.61. The van der Waals surface area contributed by atoms with Gasteiger partial charge in [0.05, 0.1) is 11.6 Å². The minimum atomic E-state index is -0.238. The van der Waals surface area contributed by atoms with Gasteiger partial charge in [0.25, 0.3) is 0 Å². The average molecular weight is 300 g/mol. The summed E-state index contributed by atoms with van der Waals surface area (Å²) >= 11 is 6.25. The standard InChI is InChI=1S/C17H18ClN3/c18-15-8-7-14(17-13(15)6-5-9-20-17)16(12-19)21-10-3-1-2-4-11-21/h5-9,16H,1-4,10-11H2. The van der Waals surface area contributed by atoms with Crippen LogP contribution in [0.25, 0.3) is 10.9 Å². The maximum absolute atomic E-state index is 9.70. The molecule has 1 aromatic carbocycles. The molecule has 2 aromatic rings. The van der Waals surface area contributed by atoms with E-state index in [9.17, 15) is 5.26 Å². The molecule has 4 heteroatoms. The number of rotatable bonds is 2. The zero-order chi connectivity index (χ0) is 14.7. The predicted molar refractivity (Wildman–Crippen MR) is 85.1 cm³/mol. The van der Waals surface area contributed by atoms with Crippen molar-refractivity contribution in [3.05, 3.63) is 41.0 Å². The second-order valence-electron chi connectivity index (χ2n) is 5.52. The van der Waals surface area contributed by atoms with Crippen molar-refractivity contribution >= 4 is 22.5 Å². The molecule has 1 unspecified atom stereocenters. The number of nitriles is 1. The number of pyridine rings is 1. The van der Waals surface area contributed by atoms with Gasteiger partial charge in [0.2, 0.25) is 0 Å². The third-order valence-electron chi connectivity index (χ3n) is 4.17. The van der Waals surface area contributed by atoms with E-state index in [-0.39, 0.29) is 6.04 Å². The van der Waals surface area contributed by atoms with E-state index in [0.717, 1.165) is 42.4 Å². The Balaban J connectivity index is 2.05. The topological polar surface area (TPSA) is 39.9 Å². The molecular weight excluding hydrogens is 282 g/mol. The quantitative estimate of drug-likeness (QED) is 0.828. The Morgan fingerprint density at radius 2 is 1.90 bits per heavy atom. The number of aromatic nitrogens is 1. The van der Waals surface area contributed by atoms with Crippen molar-refractivity contribution < 1.29 is 0 Å². The van der Waals surface area contributed by atoms with Gasteiger partial charge in [-0.3, -0.25) is 9.88 Å². The zero-order valence-electron chi connectivity index (χ0n) is 11.9. The van der Waals surface area contributed by atoms with E-state index in [1.807, 2.05) is 24.3 Å². The van der Waals surface area contributed by atoms with E-state index in [2.05, 4.69) is 16.0 Å². The van der Waals surface area contributed by atoms with E-state index < -0.39 is 0 Å². The highest BCUT2D eigenvalue weighted by Crippen LogP contribution is 2.32. The first-order valence-electron chi connectivity index (χ1n) is 7.48. The third kappa shape index (κ3) is 2.88. The van der Waals surface area contributed by atoms with Crippen LogP contribution in [0.2, 0.25) is 5.02 Å². The fourth-order valence-electron chi connectivity index (χ4n) is 3.08. The number of hydrogen-bond acceptors (Lipinski definition) is 3. The normalized spacial score (nSPS) is 18.1. The molecule has 0 bridgehead atoms. The lowest BCUT2D eigenvalue weighted by atomic mass is 10.0. The van der Waals surface area contributed by atoms with E-state index in [1.54, 1.807) is 6.20 Å². The van der Waals surface area contributed by atoms with Gasteiger partial charge in [-0.25, -0.2) is 0 Å². The van der Waals surface area contributed by atoms with Crippen molar-refractivity contribution in [3.63, 3.8) is 0 Å². The Bertz CT molecular complexity index is 669. The molecule has 0 spiro atoms. The molecule has 0 N–H and O–H groups in total. The first-order valence-corrected chi connectivity index (χ1v) is 7.86. The second kappa shape index (κ2) is 6.43. The summed E-state index contributed by atoms with van der Waals surface area (Å²) in [5.41, 5.74) is 1.82. The average Bonchev–Trinajstić information content (AvgIpc) is 2.80. The van der Waals surface area contributed by atoms with Crippen LogP contribution in [0.1, 0.15) is 37.3 Å². The summed E-state index contributed by atoms with van der Waals surface area (Å²) in [4.78, 5) is 6.75. The van der Waals surface area contributed by atoms with Gasteiger partial charge >= 0.3 is 0 Å². The summed E-state index contributed by atoms with van der Waals surface area (Å²) in [7, 11) is 0. The molecule has 21 heavy (non-hydrogen) atoms. The van der Waals surface area contributed by atoms with Gasteiger partial charge in [0, 0.05) is 22.2 Å². The molecule has 1 atom stereocenters. The molecule has 3 rings (SSSR count). The van der Waals surface area contributed by atoms with E-state index in [0.29, 0.717) is 5.02 Å². The second-order valence-corrected chi connectivity index (χ2v) is 5.93. The molecular formula is C17H18ClN3. The number of nitrogens with zero attached hydrogens (tertiary/aromatic N) is 3. The Morgan fingerprint density at radius 3 is 2.62 bits per heavy atom. The lowest BCUT2D eigenvalue weighted by Gasteiger charge is -2.26. The number of halogens is 1. The largest absolute Gasteiger partial charge is 0.284 e. The summed E-state index contributed by atoms with van der Waals surface area (Å²) < 4.78 is 0. The molecule has 1 aliphatic heterocycles. The molecule has 1 aliphatic rings. The number of likely N-dealkylation sites (tertiary alicyclic amines) is 1. The van der Waals surface area contributed by atoms with Crippen LogP contribution in [0.4, 0.5) is 0 Å². The predicted octanol–water partition coefficient (Wildman–Crippen LogP) is 4.33. The summed E-state index contributed by atoms with van der Waals surface area (Å²) in [6, 6.07) is 9.91. The highest BCUT2D eigenvalue weighted by atomic mass is 35.5. The Labute approximate surface area is 130 Å². The number of hydrogen-bond donors (Lipinski definition) is 0. The Kier molecular flexibility index (Phi) is 4.38. The van der Waals surface area contributed by atoms with Crippen molar-refractivity contribution in [2.24, 2.45) is 0 Å². The Morgan fingerprint density at radius 1 is 1.14 bits per heavy atom. The van der Waals surface area contributed by atoms with Crippen LogP contribution >= 0.6 is 11.6 Å². The molecule has 0 amide bonds. The van der Waals surface area contributed by atoms with E-state index in [1.165, 1.54) is 12.8 Å². The molecule has 1 fully saturated rings. The van der Waals surface area contributed by atoms with Crippen LogP contribution < -0.4 is 0 Å². The van der Waals surface area contributed by atoms with Gasteiger partial charge in [-0.05, 0) is 44.1 Å². The molecule has 108 valence electrons. The van der Waals surface area contributed by atoms with Crippen molar-refractivity contribution in [2.45, 2.75) is 31.7 Å². The van der Waals surface area contributed by atoms with Crippen LogP contribution in [0.5, 0.6) is 0 Å². The van der Waals surface area contributed by atoms with Gasteiger partial charge < -0.3 is 0 Å². The number of benzene rings is 1. The van der Waals surface area contributed by atoms with Crippen LogP contribution in [-0.4, -0.2) is 23.0 Å². The lowest BCUT2D eigenvalue weighted by Crippen LogP contribution is -2.29. The first-order chi connectivity index (χ1) is 10.3. The first kappa shape index (κ1) is 14.3. The van der Waals surface area contributed by atoms with E-state index >= 15 is 0 Å². The molecule has 1 aromatic heterocycles. The SMILES string of the molecule is N#CC(c1ccc(Cl)c2cccnc12)N1CCCCCC1. The fraction of sp³-hybridized carbons (Fsp3) is 0.412. The van der Waals surface area contributed by atoms with Crippen molar-refractivity contribution in [1.82, 2.24) is 9.88 Å². The van der Waals surface area contributed by atoms with Crippen molar-refractivity contribution in [1.29, 1.82) is 5.26 Å². The van der Waals surface area contributed by atoms with Crippen LogP contribution in [0, 0.1) is 11.3 Å². The molecule has 0 saturated carbocycles. The minimum Gasteiger partial charge on any atom is -0.284 e. The maximum atomic E-state index is 9.70. The number of fused-ring (bicyclic) bond motifs is 1.